The average Bonchev–Trinajstić information content (AvgIpc) is 2.99. The highest BCUT2D eigenvalue weighted by Crippen LogP contribution is 2.43. The Hall–Kier alpha value is -3.20. The van der Waals surface area contributed by atoms with Gasteiger partial charge in [-0.1, -0.05) is 27.0 Å². The molecule has 2 heterocycles. The van der Waals surface area contributed by atoms with Crippen molar-refractivity contribution in [2.45, 2.75) is 27.9 Å². The molecule has 4 rings (SSSR count). The minimum atomic E-state index is -3.60. The summed E-state index contributed by atoms with van der Waals surface area (Å²) in [5.74, 6) is -0.352. The summed E-state index contributed by atoms with van der Waals surface area (Å²) < 4.78 is 45.2. The fourth-order valence-corrected chi connectivity index (χ4v) is 4.18. The number of nitrogens with one attached hydrogen (secondary N) is 1. The standard InChI is InChI=1S/C20H18FN3O4S.2CH4/c1-28-19-16-15(11-24(20(16)25)10-12-5-7-13(21)8-6-12)17(23-29(2,26)27)14-4-3-9-22-18(14)19;;/h3-9,23H,10-11H2,1-2H3;2*1H4. The molecule has 9 heteroatoms. The molecule has 1 amide bonds. The molecule has 166 valence electrons. The lowest BCUT2D eigenvalue weighted by Crippen LogP contribution is -2.23. The minimum absolute atomic E-state index is 0. The van der Waals surface area contributed by atoms with Crippen LogP contribution in [0.2, 0.25) is 0 Å². The zero-order valence-corrected chi connectivity index (χ0v) is 16.6. The van der Waals surface area contributed by atoms with Crippen LogP contribution in [-0.2, 0) is 23.1 Å². The van der Waals surface area contributed by atoms with Crippen LogP contribution in [0.4, 0.5) is 10.1 Å². The topological polar surface area (TPSA) is 88.6 Å². The number of ether oxygens (including phenoxy) is 1. The molecule has 0 bridgehead atoms. The normalized spacial score (nSPS) is 12.7. The van der Waals surface area contributed by atoms with E-state index >= 15 is 0 Å². The Labute approximate surface area is 181 Å². The molecule has 0 radical (unpaired) electrons. The van der Waals surface area contributed by atoms with Crippen molar-refractivity contribution >= 4 is 32.5 Å². The van der Waals surface area contributed by atoms with Crippen molar-refractivity contribution in [3.63, 3.8) is 0 Å². The van der Waals surface area contributed by atoms with Crippen molar-refractivity contribution in [2.24, 2.45) is 0 Å². The Morgan fingerprint density at radius 1 is 1.19 bits per heavy atom. The number of benzene rings is 2. The molecule has 0 unspecified atom stereocenters. The van der Waals surface area contributed by atoms with Gasteiger partial charge in [-0.2, -0.15) is 0 Å². The van der Waals surface area contributed by atoms with Crippen molar-refractivity contribution in [1.82, 2.24) is 9.88 Å². The van der Waals surface area contributed by atoms with Gasteiger partial charge < -0.3 is 9.64 Å². The van der Waals surface area contributed by atoms with Gasteiger partial charge in [0.05, 0.1) is 24.6 Å². The van der Waals surface area contributed by atoms with Crippen molar-refractivity contribution in [1.29, 1.82) is 0 Å². The minimum Gasteiger partial charge on any atom is -0.494 e. The number of rotatable bonds is 5. The van der Waals surface area contributed by atoms with Gasteiger partial charge in [0.25, 0.3) is 5.91 Å². The summed E-state index contributed by atoms with van der Waals surface area (Å²) in [6.07, 6.45) is 2.61. The molecule has 1 N–H and O–H groups in total. The van der Waals surface area contributed by atoms with E-state index in [9.17, 15) is 17.6 Å². The van der Waals surface area contributed by atoms with E-state index in [2.05, 4.69) is 9.71 Å². The number of carbonyl (C=O) groups is 1. The second-order valence-corrected chi connectivity index (χ2v) is 8.57. The van der Waals surface area contributed by atoms with Crippen LogP contribution in [0, 0.1) is 5.82 Å². The number of sulfonamides is 1. The Kier molecular flexibility index (Phi) is 6.90. The number of anilines is 1. The molecule has 1 aromatic heterocycles. The van der Waals surface area contributed by atoms with E-state index in [0.29, 0.717) is 27.9 Å². The lowest BCUT2D eigenvalue weighted by atomic mass is 10.0. The zero-order valence-electron chi connectivity index (χ0n) is 15.8. The summed E-state index contributed by atoms with van der Waals surface area (Å²) in [5, 5.41) is 0.546. The van der Waals surface area contributed by atoms with Crippen molar-refractivity contribution in [2.75, 3.05) is 18.1 Å². The third-order valence-electron chi connectivity index (χ3n) is 4.75. The predicted octanol–water partition coefficient (Wildman–Crippen LogP) is 4.18. The number of nitrogens with zero attached hydrogens (tertiary/aromatic N) is 2. The second kappa shape index (κ2) is 8.89. The van der Waals surface area contributed by atoms with E-state index < -0.39 is 10.0 Å². The number of carbonyl (C=O) groups excluding carboxylic acids is 1. The predicted molar refractivity (Wildman–Crippen MR) is 120 cm³/mol. The van der Waals surface area contributed by atoms with E-state index in [1.165, 1.54) is 19.2 Å². The number of fused-ring (bicyclic) bond motifs is 2. The van der Waals surface area contributed by atoms with E-state index in [4.69, 9.17) is 4.74 Å². The lowest BCUT2D eigenvalue weighted by Gasteiger charge is -2.16. The number of amides is 1. The van der Waals surface area contributed by atoms with Gasteiger partial charge >= 0.3 is 0 Å². The molecular formula is C22H26FN3O4S. The molecule has 1 aliphatic rings. The monoisotopic (exact) mass is 447 g/mol. The highest BCUT2D eigenvalue weighted by atomic mass is 32.2. The molecule has 0 spiro atoms. The molecule has 0 saturated heterocycles. The summed E-state index contributed by atoms with van der Waals surface area (Å²) in [5.41, 5.74) is 2.29. The number of hydrogen-bond donors (Lipinski definition) is 1. The summed E-state index contributed by atoms with van der Waals surface area (Å²) in [4.78, 5) is 19.0. The number of hydrogen-bond acceptors (Lipinski definition) is 5. The Bertz CT molecular complexity index is 1230. The third-order valence-corrected chi connectivity index (χ3v) is 5.33. The smallest absolute Gasteiger partial charge is 0.258 e. The highest BCUT2D eigenvalue weighted by Gasteiger charge is 2.36. The van der Waals surface area contributed by atoms with E-state index in [-0.39, 0.29) is 45.2 Å². The van der Waals surface area contributed by atoms with Crippen LogP contribution in [0.3, 0.4) is 0 Å². The molecule has 0 aliphatic carbocycles. The van der Waals surface area contributed by atoms with Crippen LogP contribution < -0.4 is 9.46 Å². The molecule has 3 aromatic rings. The fourth-order valence-electron chi connectivity index (χ4n) is 3.57. The van der Waals surface area contributed by atoms with Crippen molar-refractivity contribution in [3.05, 3.63) is 65.1 Å². The molecular weight excluding hydrogens is 421 g/mol. The summed E-state index contributed by atoms with van der Waals surface area (Å²) in [6, 6.07) is 9.30. The van der Waals surface area contributed by atoms with Gasteiger partial charge in [-0.3, -0.25) is 14.5 Å². The summed E-state index contributed by atoms with van der Waals surface area (Å²) in [6.45, 7) is 0.434. The van der Waals surface area contributed by atoms with Crippen molar-refractivity contribution < 1.29 is 22.3 Å². The second-order valence-electron chi connectivity index (χ2n) is 6.82. The first-order valence-corrected chi connectivity index (χ1v) is 10.7. The molecule has 31 heavy (non-hydrogen) atoms. The summed E-state index contributed by atoms with van der Waals surface area (Å²) in [7, 11) is -2.15. The molecule has 0 atom stereocenters. The van der Waals surface area contributed by atoms with Gasteiger partial charge in [0.2, 0.25) is 10.0 Å². The quantitative estimate of drug-likeness (QED) is 0.634. The van der Waals surface area contributed by atoms with Gasteiger partial charge in [0.15, 0.2) is 5.75 Å². The molecule has 7 nitrogen and oxygen atoms in total. The molecule has 0 saturated carbocycles. The van der Waals surface area contributed by atoms with Gasteiger partial charge in [-0.15, -0.1) is 0 Å². The first-order chi connectivity index (χ1) is 13.8. The SMILES string of the molecule is C.C.COc1c2c(c(NS(C)(=O)=O)c3cccnc13)CN(Cc1ccc(F)cc1)C2=O. The lowest BCUT2D eigenvalue weighted by molar-refractivity contribution is 0.0764. The Balaban J connectivity index is 0.00000171. The van der Waals surface area contributed by atoms with E-state index in [0.717, 1.165) is 11.8 Å². The molecule has 1 aliphatic heterocycles. The van der Waals surface area contributed by atoms with Gasteiger partial charge in [0.1, 0.15) is 11.3 Å². The van der Waals surface area contributed by atoms with Gasteiger partial charge in [-0.25, -0.2) is 12.8 Å². The maximum Gasteiger partial charge on any atom is 0.258 e. The Morgan fingerprint density at radius 2 is 1.87 bits per heavy atom. The molecule has 0 fully saturated rings. The maximum absolute atomic E-state index is 13.2. The molecule has 2 aromatic carbocycles. The van der Waals surface area contributed by atoms with E-state index in [1.54, 1.807) is 35.4 Å². The first-order valence-electron chi connectivity index (χ1n) is 8.77. The van der Waals surface area contributed by atoms with Crippen LogP contribution in [-0.4, -0.2) is 37.6 Å². The van der Waals surface area contributed by atoms with Crippen LogP contribution in [0.1, 0.15) is 36.3 Å². The van der Waals surface area contributed by atoms with Crippen molar-refractivity contribution in [3.8, 4) is 5.75 Å². The first kappa shape index (κ1) is 24.1. The zero-order chi connectivity index (χ0) is 20.8. The average molecular weight is 448 g/mol. The van der Waals surface area contributed by atoms with E-state index in [1.807, 2.05) is 0 Å². The largest absolute Gasteiger partial charge is 0.494 e. The van der Waals surface area contributed by atoms with Gasteiger partial charge in [-0.05, 0) is 29.8 Å². The van der Waals surface area contributed by atoms with Gasteiger partial charge in [0, 0.05) is 30.2 Å². The third kappa shape index (κ3) is 4.46. The highest BCUT2D eigenvalue weighted by molar-refractivity contribution is 7.92. The number of aromatic nitrogens is 1. The van der Waals surface area contributed by atoms with Crippen LogP contribution in [0.25, 0.3) is 10.9 Å². The van der Waals surface area contributed by atoms with Crippen LogP contribution in [0.5, 0.6) is 5.75 Å². The Morgan fingerprint density at radius 3 is 2.48 bits per heavy atom. The number of halogens is 1. The number of methoxy groups -OCH3 is 1. The van der Waals surface area contributed by atoms with Crippen LogP contribution in [0.15, 0.2) is 42.6 Å². The number of pyridine rings is 1. The maximum atomic E-state index is 13.2. The summed E-state index contributed by atoms with van der Waals surface area (Å²) >= 11 is 0. The fraction of sp³-hybridized carbons (Fsp3) is 0.273. The van der Waals surface area contributed by atoms with Crippen LogP contribution >= 0.6 is 0 Å².